The Hall–Kier alpha value is -1.88. The lowest BCUT2D eigenvalue weighted by molar-refractivity contribution is 0.0596. The molecule has 17 heavy (non-hydrogen) atoms. The van der Waals surface area contributed by atoms with Gasteiger partial charge in [0.15, 0.2) is 5.69 Å². The molecule has 2 aromatic rings. The lowest BCUT2D eigenvalue weighted by Gasteiger charge is -2.07. The summed E-state index contributed by atoms with van der Waals surface area (Å²) in [7, 11) is 2.94. The highest BCUT2D eigenvalue weighted by atomic mass is 32.1. The third kappa shape index (κ3) is 2.14. The smallest absolute Gasteiger partial charge is 0.358 e. The van der Waals surface area contributed by atoms with E-state index in [0.29, 0.717) is 11.4 Å². The van der Waals surface area contributed by atoms with E-state index in [4.69, 9.17) is 9.47 Å². The van der Waals surface area contributed by atoms with Gasteiger partial charge in [0.2, 0.25) is 0 Å². The van der Waals surface area contributed by atoms with E-state index in [1.165, 1.54) is 18.4 Å². The number of nitrogens with zero attached hydrogens (tertiary/aromatic N) is 1. The standard InChI is InChI=1S/C12H11NO3S/c1-15-9-6-4-3-5-8(9)11-10(12(14)16-2)13-7-17-11/h3-7H,1-2H3. The van der Waals surface area contributed by atoms with E-state index in [2.05, 4.69) is 4.98 Å². The summed E-state index contributed by atoms with van der Waals surface area (Å²) in [5.41, 5.74) is 2.79. The van der Waals surface area contributed by atoms with Crippen LogP contribution in [0.1, 0.15) is 10.5 Å². The van der Waals surface area contributed by atoms with E-state index in [0.717, 1.165) is 10.4 Å². The monoisotopic (exact) mass is 249 g/mol. The lowest BCUT2D eigenvalue weighted by Crippen LogP contribution is -2.03. The van der Waals surface area contributed by atoms with Crippen LogP contribution in [0.25, 0.3) is 10.4 Å². The van der Waals surface area contributed by atoms with Crippen LogP contribution in [0.5, 0.6) is 5.75 Å². The summed E-state index contributed by atoms with van der Waals surface area (Å²) in [6.07, 6.45) is 0. The van der Waals surface area contributed by atoms with Crippen molar-refractivity contribution in [2.45, 2.75) is 0 Å². The Bertz CT molecular complexity index is 536. The van der Waals surface area contributed by atoms with Crippen LogP contribution in [0, 0.1) is 0 Å². The van der Waals surface area contributed by atoms with Crippen LogP contribution in [0.2, 0.25) is 0 Å². The molecule has 1 aromatic heterocycles. The van der Waals surface area contributed by atoms with Gasteiger partial charge in [0.05, 0.1) is 24.6 Å². The molecule has 1 aromatic carbocycles. The highest BCUT2D eigenvalue weighted by Crippen LogP contribution is 2.34. The molecule has 0 fully saturated rings. The average Bonchev–Trinajstić information content (AvgIpc) is 2.86. The fourth-order valence-electron chi connectivity index (χ4n) is 1.51. The van der Waals surface area contributed by atoms with Crippen molar-refractivity contribution >= 4 is 17.3 Å². The second kappa shape index (κ2) is 4.97. The van der Waals surface area contributed by atoms with Crippen LogP contribution >= 0.6 is 11.3 Å². The molecule has 0 amide bonds. The number of methoxy groups -OCH3 is 2. The molecule has 0 unspecified atom stereocenters. The molecule has 0 aliphatic heterocycles. The van der Waals surface area contributed by atoms with Gasteiger partial charge in [-0.1, -0.05) is 12.1 Å². The van der Waals surface area contributed by atoms with Gasteiger partial charge in [-0.3, -0.25) is 0 Å². The molecule has 2 rings (SSSR count). The van der Waals surface area contributed by atoms with E-state index in [1.54, 1.807) is 12.6 Å². The zero-order chi connectivity index (χ0) is 12.3. The number of carbonyl (C=O) groups is 1. The SMILES string of the molecule is COC(=O)c1ncsc1-c1ccccc1OC. The molecule has 0 radical (unpaired) electrons. The largest absolute Gasteiger partial charge is 0.496 e. The third-order valence-corrected chi connectivity index (χ3v) is 3.16. The number of hydrogen-bond donors (Lipinski definition) is 0. The summed E-state index contributed by atoms with van der Waals surface area (Å²) < 4.78 is 9.96. The van der Waals surface area contributed by atoms with Gasteiger partial charge < -0.3 is 9.47 Å². The Morgan fingerprint density at radius 1 is 1.29 bits per heavy atom. The van der Waals surface area contributed by atoms with Crippen molar-refractivity contribution in [3.8, 4) is 16.2 Å². The number of thiazole rings is 1. The van der Waals surface area contributed by atoms with E-state index >= 15 is 0 Å². The summed E-state index contributed by atoms with van der Waals surface area (Å²) in [5, 5.41) is 0. The van der Waals surface area contributed by atoms with Crippen LogP contribution in [0.3, 0.4) is 0 Å². The Morgan fingerprint density at radius 3 is 2.76 bits per heavy atom. The normalized spacial score (nSPS) is 10.0. The molecule has 0 atom stereocenters. The van der Waals surface area contributed by atoms with Crippen molar-refractivity contribution in [2.75, 3.05) is 14.2 Å². The van der Waals surface area contributed by atoms with Gasteiger partial charge in [-0.25, -0.2) is 9.78 Å². The summed E-state index contributed by atoms with van der Waals surface area (Å²) in [6, 6.07) is 7.49. The predicted octanol–water partition coefficient (Wildman–Crippen LogP) is 2.61. The highest BCUT2D eigenvalue weighted by Gasteiger charge is 2.18. The summed E-state index contributed by atoms with van der Waals surface area (Å²) in [4.78, 5) is 16.3. The Balaban J connectivity index is 2.53. The lowest BCUT2D eigenvalue weighted by atomic mass is 10.1. The molecule has 0 saturated heterocycles. The number of rotatable bonds is 3. The van der Waals surface area contributed by atoms with E-state index in [1.807, 2.05) is 24.3 Å². The van der Waals surface area contributed by atoms with Crippen molar-refractivity contribution in [1.82, 2.24) is 4.98 Å². The Labute approximate surface area is 103 Å². The van der Waals surface area contributed by atoms with Crippen LogP contribution in [-0.4, -0.2) is 25.2 Å². The van der Waals surface area contributed by atoms with Gasteiger partial charge in [0, 0.05) is 5.56 Å². The van der Waals surface area contributed by atoms with Gasteiger partial charge in [0.1, 0.15) is 5.75 Å². The summed E-state index contributed by atoms with van der Waals surface area (Å²) in [6.45, 7) is 0. The average molecular weight is 249 g/mol. The van der Waals surface area contributed by atoms with Gasteiger partial charge in [-0.05, 0) is 12.1 Å². The first-order valence-corrected chi connectivity index (χ1v) is 5.81. The molecular weight excluding hydrogens is 238 g/mol. The summed E-state index contributed by atoms with van der Waals surface area (Å²) >= 11 is 1.38. The maximum atomic E-state index is 11.5. The van der Waals surface area contributed by atoms with Crippen molar-refractivity contribution < 1.29 is 14.3 Å². The minimum atomic E-state index is -0.438. The molecule has 0 aliphatic rings. The zero-order valence-corrected chi connectivity index (χ0v) is 10.3. The second-order valence-corrected chi connectivity index (χ2v) is 4.08. The molecule has 5 heteroatoms. The van der Waals surface area contributed by atoms with Crippen LogP contribution < -0.4 is 4.74 Å². The molecule has 0 N–H and O–H groups in total. The maximum Gasteiger partial charge on any atom is 0.358 e. The zero-order valence-electron chi connectivity index (χ0n) is 9.47. The van der Waals surface area contributed by atoms with E-state index in [9.17, 15) is 4.79 Å². The first-order chi connectivity index (χ1) is 8.27. The number of aromatic nitrogens is 1. The van der Waals surface area contributed by atoms with Gasteiger partial charge in [-0.2, -0.15) is 0 Å². The van der Waals surface area contributed by atoms with Crippen molar-refractivity contribution in [3.05, 3.63) is 35.5 Å². The fourth-order valence-corrected chi connectivity index (χ4v) is 2.32. The van der Waals surface area contributed by atoms with Gasteiger partial charge in [-0.15, -0.1) is 11.3 Å². The number of benzene rings is 1. The number of ether oxygens (including phenoxy) is 2. The van der Waals surface area contributed by atoms with E-state index in [-0.39, 0.29) is 0 Å². The molecule has 0 spiro atoms. The minimum absolute atomic E-state index is 0.321. The van der Waals surface area contributed by atoms with Crippen LogP contribution in [0.15, 0.2) is 29.8 Å². The van der Waals surface area contributed by atoms with Crippen molar-refractivity contribution in [3.63, 3.8) is 0 Å². The maximum absolute atomic E-state index is 11.5. The molecule has 1 heterocycles. The van der Waals surface area contributed by atoms with Crippen LogP contribution in [0.4, 0.5) is 0 Å². The molecular formula is C12H11NO3S. The van der Waals surface area contributed by atoms with Crippen molar-refractivity contribution in [1.29, 1.82) is 0 Å². The number of esters is 1. The van der Waals surface area contributed by atoms with E-state index < -0.39 is 5.97 Å². The topological polar surface area (TPSA) is 48.4 Å². The fraction of sp³-hybridized carbons (Fsp3) is 0.167. The molecule has 4 nitrogen and oxygen atoms in total. The summed E-state index contributed by atoms with van der Waals surface area (Å²) in [5.74, 6) is 0.272. The first kappa shape index (κ1) is 11.6. The van der Waals surface area contributed by atoms with Crippen molar-refractivity contribution in [2.24, 2.45) is 0 Å². The number of hydrogen-bond acceptors (Lipinski definition) is 5. The number of para-hydroxylation sites is 1. The quantitative estimate of drug-likeness (QED) is 0.784. The molecule has 0 saturated carbocycles. The predicted molar refractivity (Wildman–Crippen MR) is 65.4 cm³/mol. The number of carbonyl (C=O) groups excluding carboxylic acids is 1. The molecule has 0 aliphatic carbocycles. The molecule has 88 valence electrons. The van der Waals surface area contributed by atoms with Gasteiger partial charge >= 0.3 is 5.97 Å². The Kier molecular flexibility index (Phi) is 3.39. The third-order valence-electron chi connectivity index (χ3n) is 2.30. The Morgan fingerprint density at radius 2 is 2.06 bits per heavy atom. The first-order valence-electron chi connectivity index (χ1n) is 4.93. The highest BCUT2D eigenvalue weighted by molar-refractivity contribution is 7.13. The molecule has 0 bridgehead atoms. The second-order valence-electron chi connectivity index (χ2n) is 3.22. The minimum Gasteiger partial charge on any atom is -0.496 e. The van der Waals surface area contributed by atoms with Crippen LogP contribution in [-0.2, 0) is 4.74 Å². The van der Waals surface area contributed by atoms with Gasteiger partial charge in [0.25, 0.3) is 0 Å².